The normalized spacial score (nSPS) is 11.0. The molecule has 0 saturated carbocycles. The van der Waals surface area contributed by atoms with E-state index < -0.39 is 17.4 Å². The Balaban J connectivity index is 3.01. The summed E-state index contributed by atoms with van der Waals surface area (Å²) in [5, 5.41) is 12.0. The lowest BCUT2D eigenvalue weighted by atomic mass is 9.99. The van der Waals surface area contributed by atoms with Crippen LogP contribution in [0.2, 0.25) is 0 Å². The van der Waals surface area contributed by atoms with Gasteiger partial charge in [0.2, 0.25) is 5.91 Å². The van der Waals surface area contributed by atoms with Crippen LogP contribution in [0.1, 0.15) is 30.6 Å². The van der Waals surface area contributed by atoms with Crippen LogP contribution in [0.25, 0.3) is 0 Å². The second-order valence-corrected chi connectivity index (χ2v) is 4.72. The number of hydrogen-bond donors (Lipinski definition) is 4. The van der Waals surface area contributed by atoms with Crippen molar-refractivity contribution < 1.29 is 14.7 Å². The standard InChI is InChI=1S/C12H17N3O3/c1-12(2,6-9(13)16)15-8-5-3-4-7(10(8)14)11(17)18/h3-5,15H,6,14H2,1-2H3,(H2,13,16)(H,17,18). The van der Waals surface area contributed by atoms with Gasteiger partial charge in [-0.1, -0.05) is 6.07 Å². The molecule has 0 radical (unpaired) electrons. The van der Waals surface area contributed by atoms with Crippen molar-refractivity contribution in [3.05, 3.63) is 23.8 Å². The zero-order valence-corrected chi connectivity index (χ0v) is 10.4. The van der Waals surface area contributed by atoms with E-state index in [4.69, 9.17) is 16.6 Å². The highest BCUT2D eigenvalue weighted by molar-refractivity contribution is 5.97. The van der Waals surface area contributed by atoms with Gasteiger partial charge in [-0.2, -0.15) is 0 Å². The molecule has 0 spiro atoms. The fourth-order valence-electron chi connectivity index (χ4n) is 1.71. The summed E-state index contributed by atoms with van der Waals surface area (Å²) in [5.74, 6) is -1.54. The number of rotatable bonds is 5. The second kappa shape index (κ2) is 4.95. The van der Waals surface area contributed by atoms with Gasteiger partial charge in [0.1, 0.15) is 0 Å². The zero-order chi connectivity index (χ0) is 13.9. The zero-order valence-electron chi connectivity index (χ0n) is 10.4. The fraction of sp³-hybridized carbons (Fsp3) is 0.333. The first-order valence-corrected chi connectivity index (χ1v) is 5.41. The molecule has 0 bridgehead atoms. The topological polar surface area (TPSA) is 118 Å². The summed E-state index contributed by atoms with van der Waals surface area (Å²) in [6.07, 6.45) is 0.115. The number of carboxylic acids is 1. The highest BCUT2D eigenvalue weighted by Gasteiger charge is 2.22. The summed E-state index contributed by atoms with van der Waals surface area (Å²) < 4.78 is 0. The summed E-state index contributed by atoms with van der Waals surface area (Å²) in [6.45, 7) is 3.56. The van der Waals surface area contributed by atoms with Crippen LogP contribution in [0.3, 0.4) is 0 Å². The highest BCUT2D eigenvalue weighted by atomic mass is 16.4. The van der Waals surface area contributed by atoms with E-state index >= 15 is 0 Å². The van der Waals surface area contributed by atoms with Gasteiger partial charge in [0, 0.05) is 12.0 Å². The first-order chi connectivity index (χ1) is 8.23. The third-order valence-electron chi connectivity index (χ3n) is 2.43. The van der Waals surface area contributed by atoms with Crippen molar-refractivity contribution in [3.63, 3.8) is 0 Å². The molecule has 18 heavy (non-hydrogen) atoms. The first kappa shape index (κ1) is 13.8. The van der Waals surface area contributed by atoms with Gasteiger partial charge in [-0.05, 0) is 26.0 Å². The van der Waals surface area contributed by atoms with Crippen molar-refractivity contribution in [2.24, 2.45) is 5.73 Å². The van der Waals surface area contributed by atoms with Crippen molar-refractivity contribution >= 4 is 23.3 Å². The Hall–Kier alpha value is -2.24. The molecule has 0 aliphatic heterocycles. The summed E-state index contributed by atoms with van der Waals surface area (Å²) in [4.78, 5) is 21.9. The first-order valence-electron chi connectivity index (χ1n) is 5.41. The van der Waals surface area contributed by atoms with Gasteiger partial charge in [0.05, 0.1) is 16.9 Å². The Kier molecular flexibility index (Phi) is 3.80. The molecule has 6 N–H and O–H groups in total. The predicted octanol–water partition coefficient (Wildman–Crippen LogP) is 1.03. The molecule has 0 fully saturated rings. The van der Waals surface area contributed by atoms with Gasteiger partial charge in [-0.3, -0.25) is 4.79 Å². The average molecular weight is 251 g/mol. The van der Waals surface area contributed by atoms with Crippen LogP contribution in [-0.2, 0) is 4.79 Å². The molecule has 1 aromatic rings. The molecular weight excluding hydrogens is 234 g/mol. The Morgan fingerprint density at radius 2 is 2.00 bits per heavy atom. The maximum Gasteiger partial charge on any atom is 0.337 e. The lowest BCUT2D eigenvalue weighted by molar-refractivity contribution is -0.118. The van der Waals surface area contributed by atoms with Crippen molar-refractivity contribution in [2.75, 3.05) is 11.1 Å². The van der Waals surface area contributed by atoms with Gasteiger partial charge in [-0.25, -0.2) is 4.79 Å². The number of nitrogen functional groups attached to an aromatic ring is 1. The van der Waals surface area contributed by atoms with E-state index in [1.165, 1.54) is 6.07 Å². The van der Waals surface area contributed by atoms with Crippen molar-refractivity contribution in [3.8, 4) is 0 Å². The number of benzene rings is 1. The SMILES string of the molecule is CC(C)(CC(N)=O)Nc1cccc(C(=O)O)c1N. The summed E-state index contributed by atoms with van der Waals surface area (Å²) in [7, 11) is 0. The van der Waals surface area contributed by atoms with Crippen LogP contribution >= 0.6 is 0 Å². The molecular formula is C12H17N3O3. The van der Waals surface area contributed by atoms with Crippen molar-refractivity contribution in [1.29, 1.82) is 0 Å². The number of anilines is 2. The summed E-state index contributed by atoms with van der Waals surface area (Å²) >= 11 is 0. The highest BCUT2D eigenvalue weighted by Crippen LogP contribution is 2.26. The lowest BCUT2D eigenvalue weighted by Gasteiger charge is -2.27. The maximum absolute atomic E-state index is 10.9. The Bertz CT molecular complexity index is 483. The van der Waals surface area contributed by atoms with Crippen molar-refractivity contribution in [1.82, 2.24) is 0 Å². The minimum absolute atomic E-state index is 0.0230. The quantitative estimate of drug-likeness (QED) is 0.583. The number of primary amides is 1. The summed E-state index contributed by atoms with van der Waals surface area (Å²) in [5.41, 5.74) is 10.9. The second-order valence-electron chi connectivity index (χ2n) is 4.72. The van der Waals surface area contributed by atoms with E-state index in [2.05, 4.69) is 5.32 Å². The minimum Gasteiger partial charge on any atom is -0.478 e. The molecule has 6 heteroatoms. The fourth-order valence-corrected chi connectivity index (χ4v) is 1.71. The van der Waals surface area contributed by atoms with Crippen LogP contribution in [0.4, 0.5) is 11.4 Å². The third-order valence-corrected chi connectivity index (χ3v) is 2.43. The number of carboxylic acid groups (broad SMARTS) is 1. The van der Waals surface area contributed by atoms with Gasteiger partial charge < -0.3 is 21.9 Å². The molecule has 0 unspecified atom stereocenters. The molecule has 0 saturated heterocycles. The Morgan fingerprint density at radius 3 is 2.50 bits per heavy atom. The Labute approximate surface area is 105 Å². The monoisotopic (exact) mass is 251 g/mol. The molecule has 6 nitrogen and oxygen atoms in total. The summed E-state index contributed by atoms with van der Waals surface area (Å²) in [6, 6.07) is 4.66. The number of para-hydroxylation sites is 1. The van der Waals surface area contributed by atoms with Crippen molar-refractivity contribution in [2.45, 2.75) is 25.8 Å². The smallest absolute Gasteiger partial charge is 0.337 e. The number of carbonyl (C=O) groups is 2. The molecule has 0 atom stereocenters. The van der Waals surface area contributed by atoms with E-state index in [-0.39, 0.29) is 17.7 Å². The minimum atomic E-state index is -1.09. The predicted molar refractivity (Wildman–Crippen MR) is 69.3 cm³/mol. The van der Waals surface area contributed by atoms with E-state index in [1.807, 2.05) is 0 Å². The maximum atomic E-state index is 10.9. The molecule has 0 aliphatic rings. The number of carbonyl (C=O) groups excluding carboxylic acids is 1. The van der Waals surface area contributed by atoms with E-state index in [0.717, 1.165) is 0 Å². The lowest BCUT2D eigenvalue weighted by Crippen LogP contribution is -2.36. The molecule has 1 aromatic carbocycles. The van der Waals surface area contributed by atoms with Gasteiger partial charge in [0.15, 0.2) is 0 Å². The number of amides is 1. The Morgan fingerprint density at radius 1 is 1.39 bits per heavy atom. The molecule has 0 aromatic heterocycles. The van der Waals surface area contributed by atoms with Crippen LogP contribution in [0, 0.1) is 0 Å². The van der Waals surface area contributed by atoms with Crippen LogP contribution in [-0.4, -0.2) is 22.5 Å². The number of hydrogen-bond acceptors (Lipinski definition) is 4. The average Bonchev–Trinajstić information content (AvgIpc) is 2.18. The molecule has 1 rings (SSSR count). The number of nitrogens with two attached hydrogens (primary N) is 2. The molecule has 98 valence electrons. The number of aromatic carboxylic acids is 1. The van der Waals surface area contributed by atoms with Gasteiger partial charge >= 0.3 is 5.97 Å². The van der Waals surface area contributed by atoms with E-state index in [1.54, 1.807) is 26.0 Å². The largest absolute Gasteiger partial charge is 0.478 e. The van der Waals surface area contributed by atoms with Gasteiger partial charge in [0.25, 0.3) is 0 Å². The molecule has 1 amide bonds. The van der Waals surface area contributed by atoms with Crippen LogP contribution in [0.5, 0.6) is 0 Å². The third kappa shape index (κ3) is 3.38. The number of nitrogens with one attached hydrogen (secondary N) is 1. The molecule has 0 heterocycles. The van der Waals surface area contributed by atoms with Gasteiger partial charge in [-0.15, -0.1) is 0 Å². The van der Waals surface area contributed by atoms with Crippen LogP contribution in [0.15, 0.2) is 18.2 Å². The van der Waals surface area contributed by atoms with E-state index in [0.29, 0.717) is 5.69 Å². The van der Waals surface area contributed by atoms with Crippen LogP contribution < -0.4 is 16.8 Å². The molecule has 0 aliphatic carbocycles. The van der Waals surface area contributed by atoms with E-state index in [9.17, 15) is 9.59 Å².